The maximum absolute atomic E-state index is 12.4. The molecule has 0 aliphatic carbocycles. The monoisotopic (exact) mass is 302 g/mol. The Morgan fingerprint density at radius 1 is 1.00 bits per heavy atom. The zero-order valence-electron chi connectivity index (χ0n) is 10.7. The summed E-state index contributed by atoms with van der Waals surface area (Å²) in [7, 11) is -4.48. The molecule has 3 rings (SSSR count). The lowest BCUT2D eigenvalue weighted by Crippen LogP contribution is -2.08. The van der Waals surface area contributed by atoms with E-state index in [9.17, 15) is 17.8 Å². The number of benzene rings is 2. The van der Waals surface area contributed by atoms with Crippen LogP contribution in [0.4, 0.5) is 0 Å². The highest BCUT2D eigenvalue weighted by Gasteiger charge is 2.23. The molecule has 0 bridgehead atoms. The molecular weight excluding hydrogens is 292 g/mol. The zero-order chi connectivity index (χ0) is 15.0. The molecule has 5 nitrogen and oxygen atoms in total. The van der Waals surface area contributed by atoms with Gasteiger partial charge in [-0.05, 0) is 24.3 Å². The number of fused-ring (bicyclic) bond motifs is 1. The van der Waals surface area contributed by atoms with Gasteiger partial charge in [-0.25, -0.2) is 0 Å². The van der Waals surface area contributed by atoms with Crippen molar-refractivity contribution in [1.29, 1.82) is 0 Å². The highest BCUT2D eigenvalue weighted by molar-refractivity contribution is 7.86. The molecule has 0 aliphatic rings. The maximum Gasteiger partial charge on any atom is 0.295 e. The van der Waals surface area contributed by atoms with E-state index in [0.29, 0.717) is 5.58 Å². The average Bonchev–Trinajstić information content (AvgIpc) is 2.89. The van der Waals surface area contributed by atoms with Gasteiger partial charge in [0.2, 0.25) is 5.78 Å². The number of rotatable bonds is 3. The molecule has 2 aromatic carbocycles. The minimum absolute atomic E-state index is 0.0206. The van der Waals surface area contributed by atoms with E-state index in [1.165, 1.54) is 24.3 Å². The lowest BCUT2D eigenvalue weighted by Gasteiger charge is -2.03. The van der Waals surface area contributed by atoms with Gasteiger partial charge in [0.15, 0.2) is 5.76 Å². The van der Waals surface area contributed by atoms with Gasteiger partial charge < -0.3 is 4.42 Å². The molecule has 1 heterocycles. The smallest absolute Gasteiger partial charge is 0.295 e. The van der Waals surface area contributed by atoms with Gasteiger partial charge in [-0.15, -0.1) is 0 Å². The Hall–Kier alpha value is -2.44. The Morgan fingerprint density at radius 2 is 1.67 bits per heavy atom. The second-order valence-corrected chi connectivity index (χ2v) is 5.84. The summed E-state index contributed by atoms with van der Waals surface area (Å²) in [5.74, 6) is -0.577. The third kappa shape index (κ3) is 2.46. The summed E-state index contributed by atoms with van der Waals surface area (Å²) in [4.78, 5) is 12.0. The van der Waals surface area contributed by atoms with Crippen LogP contribution in [0.5, 0.6) is 0 Å². The van der Waals surface area contributed by atoms with Crippen LogP contribution in [0, 0.1) is 0 Å². The lowest BCUT2D eigenvalue weighted by molar-refractivity contribution is 0.101. The molecule has 0 saturated heterocycles. The number of para-hydroxylation sites is 1. The van der Waals surface area contributed by atoms with Gasteiger partial charge in [0.25, 0.3) is 10.1 Å². The highest BCUT2D eigenvalue weighted by Crippen LogP contribution is 2.24. The van der Waals surface area contributed by atoms with Gasteiger partial charge in [0.05, 0.1) is 0 Å². The SMILES string of the molecule is O=C(c1cc2ccccc2o1)c1ccccc1S(=O)(=O)O. The third-order valence-corrected chi connectivity index (χ3v) is 3.97. The van der Waals surface area contributed by atoms with Gasteiger partial charge in [-0.1, -0.05) is 30.3 Å². The van der Waals surface area contributed by atoms with Gasteiger partial charge in [-0.2, -0.15) is 8.42 Å². The van der Waals surface area contributed by atoms with Crippen LogP contribution in [0.15, 0.2) is 63.9 Å². The van der Waals surface area contributed by atoms with Crippen LogP contribution in [0.3, 0.4) is 0 Å². The molecule has 0 spiro atoms. The Bertz CT molecular complexity index is 904. The summed E-state index contributed by atoms with van der Waals surface area (Å²) >= 11 is 0. The molecule has 0 amide bonds. The van der Waals surface area contributed by atoms with E-state index in [4.69, 9.17) is 4.42 Å². The summed E-state index contributed by atoms with van der Waals surface area (Å²) in [6.45, 7) is 0. The van der Waals surface area contributed by atoms with E-state index in [0.717, 1.165) is 5.39 Å². The van der Waals surface area contributed by atoms with E-state index in [-0.39, 0.29) is 11.3 Å². The van der Waals surface area contributed by atoms with E-state index < -0.39 is 20.8 Å². The van der Waals surface area contributed by atoms with Gasteiger partial charge in [0, 0.05) is 10.9 Å². The summed E-state index contributed by atoms with van der Waals surface area (Å²) in [6, 6.07) is 14.1. The summed E-state index contributed by atoms with van der Waals surface area (Å²) in [5, 5.41) is 0.741. The molecule has 0 radical (unpaired) electrons. The summed E-state index contributed by atoms with van der Waals surface area (Å²) in [6.07, 6.45) is 0. The van der Waals surface area contributed by atoms with Gasteiger partial charge in [0.1, 0.15) is 10.5 Å². The first-order valence-electron chi connectivity index (χ1n) is 6.06. The van der Waals surface area contributed by atoms with Crippen molar-refractivity contribution in [2.75, 3.05) is 0 Å². The Morgan fingerprint density at radius 3 is 2.38 bits per heavy atom. The highest BCUT2D eigenvalue weighted by atomic mass is 32.2. The van der Waals surface area contributed by atoms with Crippen LogP contribution in [-0.4, -0.2) is 18.8 Å². The van der Waals surface area contributed by atoms with Crippen molar-refractivity contribution in [2.45, 2.75) is 4.90 Å². The van der Waals surface area contributed by atoms with Gasteiger partial charge in [-0.3, -0.25) is 9.35 Å². The van der Waals surface area contributed by atoms with Crippen molar-refractivity contribution in [2.24, 2.45) is 0 Å². The van der Waals surface area contributed by atoms with E-state index in [1.807, 2.05) is 0 Å². The molecular formula is C15H10O5S. The van der Waals surface area contributed by atoms with Gasteiger partial charge >= 0.3 is 0 Å². The molecule has 6 heteroatoms. The first-order valence-corrected chi connectivity index (χ1v) is 7.50. The van der Waals surface area contributed by atoms with E-state index in [1.54, 1.807) is 30.3 Å². The van der Waals surface area contributed by atoms with Crippen molar-refractivity contribution >= 4 is 26.9 Å². The lowest BCUT2D eigenvalue weighted by atomic mass is 10.1. The van der Waals surface area contributed by atoms with Crippen molar-refractivity contribution in [1.82, 2.24) is 0 Å². The quantitative estimate of drug-likeness (QED) is 0.594. The number of hydrogen-bond acceptors (Lipinski definition) is 4. The fraction of sp³-hybridized carbons (Fsp3) is 0. The first kappa shape index (κ1) is 13.5. The Balaban J connectivity index is 2.15. The molecule has 0 unspecified atom stereocenters. The van der Waals surface area contributed by atoms with Crippen LogP contribution >= 0.6 is 0 Å². The molecule has 0 saturated carbocycles. The Kier molecular flexibility index (Phi) is 3.12. The number of carbonyl (C=O) groups is 1. The van der Waals surface area contributed by atoms with Crippen LogP contribution in [0.25, 0.3) is 11.0 Å². The van der Waals surface area contributed by atoms with Crippen molar-refractivity contribution in [3.8, 4) is 0 Å². The summed E-state index contributed by atoms with van der Waals surface area (Å²) in [5.41, 5.74) is 0.407. The predicted octanol–water partition coefficient (Wildman–Crippen LogP) is 2.91. The molecule has 0 aliphatic heterocycles. The van der Waals surface area contributed by atoms with Crippen molar-refractivity contribution in [3.05, 3.63) is 65.9 Å². The molecule has 1 aromatic heterocycles. The average molecular weight is 302 g/mol. The molecule has 1 N–H and O–H groups in total. The molecule has 21 heavy (non-hydrogen) atoms. The molecule has 0 atom stereocenters. The molecule has 3 aromatic rings. The van der Waals surface area contributed by atoms with Crippen LogP contribution in [0.2, 0.25) is 0 Å². The number of hydrogen-bond donors (Lipinski definition) is 1. The fourth-order valence-electron chi connectivity index (χ4n) is 2.11. The zero-order valence-corrected chi connectivity index (χ0v) is 11.5. The molecule has 0 fully saturated rings. The topological polar surface area (TPSA) is 84.6 Å². The minimum Gasteiger partial charge on any atom is -0.453 e. The second-order valence-electron chi connectivity index (χ2n) is 4.45. The fourth-order valence-corrected chi connectivity index (χ4v) is 2.79. The maximum atomic E-state index is 12.4. The Labute approximate surface area is 120 Å². The van der Waals surface area contributed by atoms with Crippen LogP contribution < -0.4 is 0 Å². The predicted molar refractivity (Wildman–Crippen MR) is 75.9 cm³/mol. The normalized spacial score (nSPS) is 11.7. The van der Waals surface area contributed by atoms with Crippen LogP contribution in [0.1, 0.15) is 16.1 Å². The number of furan rings is 1. The number of carbonyl (C=O) groups excluding carboxylic acids is 1. The van der Waals surface area contributed by atoms with Crippen LogP contribution in [-0.2, 0) is 10.1 Å². The van der Waals surface area contributed by atoms with E-state index >= 15 is 0 Å². The standard InChI is InChI=1S/C15H10O5S/c16-15(11-6-2-4-8-14(11)21(17,18)19)13-9-10-5-1-3-7-12(10)20-13/h1-9H,(H,17,18,19). The van der Waals surface area contributed by atoms with Crippen molar-refractivity contribution in [3.63, 3.8) is 0 Å². The largest absolute Gasteiger partial charge is 0.453 e. The first-order chi connectivity index (χ1) is 9.97. The minimum atomic E-state index is -4.48. The second kappa shape index (κ2) is 4.83. The molecule has 106 valence electrons. The number of ketones is 1. The third-order valence-electron chi connectivity index (χ3n) is 3.06. The van der Waals surface area contributed by atoms with E-state index in [2.05, 4.69) is 0 Å². The van der Waals surface area contributed by atoms with Crippen molar-refractivity contribution < 1.29 is 22.2 Å². The summed E-state index contributed by atoms with van der Waals surface area (Å²) < 4.78 is 37.3.